The lowest BCUT2D eigenvalue weighted by Crippen LogP contribution is -2.03. The van der Waals surface area contributed by atoms with Crippen molar-refractivity contribution in [3.05, 3.63) is 83.4 Å². The highest BCUT2D eigenvalue weighted by Gasteiger charge is 2.20. The molecule has 0 unspecified atom stereocenters. The second kappa shape index (κ2) is 7.25. The molecule has 130 valence electrons. The fraction of sp³-hybridized carbons (Fsp3) is 0. The Morgan fingerprint density at radius 2 is 1.57 bits per heavy atom. The van der Waals surface area contributed by atoms with Gasteiger partial charge in [-0.05, 0) is 35.0 Å². The Hall–Kier alpha value is -4.11. The van der Waals surface area contributed by atoms with Crippen molar-refractivity contribution in [3.8, 4) is 34.5 Å². The van der Waals surface area contributed by atoms with E-state index in [1.54, 1.807) is 17.4 Å². The Morgan fingerprint density at radius 1 is 0.786 bits per heavy atom. The summed E-state index contributed by atoms with van der Waals surface area (Å²) in [5.74, 6) is 0. The molecule has 0 aliphatic carbocycles. The van der Waals surface area contributed by atoms with Gasteiger partial charge in [-0.3, -0.25) is 0 Å². The van der Waals surface area contributed by atoms with E-state index in [-0.39, 0.29) is 11.1 Å². The number of thiophene rings is 1. The third-order valence-electron chi connectivity index (χ3n) is 4.50. The van der Waals surface area contributed by atoms with Crippen molar-refractivity contribution in [2.45, 2.75) is 0 Å². The molecule has 2 aromatic carbocycles. The van der Waals surface area contributed by atoms with E-state index >= 15 is 0 Å². The van der Waals surface area contributed by atoms with Crippen LogP contribution >= 0.6 is 11.3 Å². The number of allylic oxidation sites excluding steroid dienone is 2. The van der Waals surface area contributed by atoms with Crippen LogP contribution in [0.1, 0.15) is 5.69 Å². The smallest absolute Gasteiger partial charge is 0.149 e. The van der Waals surface area contributed by atoms with Gasteiger partial charge in [0.15, 0.2) is 0 Å². The van der Waals surface area contributed by atoms with Crippen LogP contribution in [0.5, 0.6) is 0 Å². The molecule has 0 atom stereocenters. The van der Waals surface area contributed by atoms with E-state index < -0.39 is 0 Å². The zero-order valence-corrected chi connectivity index (χ0v) is 15.4. The Labute approximate surface area is 166 Å². The highest BCUT2D eigenvalue weighted by Crippen LogP contribution is 2.35. The molecule has 0 bridgehead atoms. The third kappa shape index (κ3) is 2.75. The van der Waals surface area contributed by atoms with E-state index in [9.17, 15) is 15.8 Å². The van der Waals surface area contributed by atoms with E-state index in [2.05, 4.69) is 6.07 Å². The number of rotatable bonds is 3. The van der Waals surface area contributed by atoms with Crippen LogP contribution in [0, 0.1) is 34.0 Å². The highest BCUT2D eigenvalue weighted by atomic mass is 32.1. The van der Waals surface area contributed by atoms with Gasteiger partial charge in [0.05, 0.1) is 22.0 Å². The molecule has 0 saturated heterocycles. The van der Waals surface area contributed by atoms with Gasteiger partial charge >= 0.3 is 0 Å². The molecule has 4 aromatic rings. The van der Waals surface area contributed by atoms with Crippen molar-refractivity contribution in [2.24, 2.45) is 0 Å². The van der Waals surface area contributed by atoms with Crippen LogP contribution in [0.4, 0.5) is 0 Å². The van der Waals surface area contributed by atoms with Crippen LogP contribution in [0.25, 0.3) is 32.6 Å². The van der Waals surface area contributed by atoms with Crippen LogP contribution in [0.15, 0.2) is 77.7 Å². The second-order valence-corrected chi connectivity index (χ2v) is 6.95. The molecule has 4 rings (SSSR count). The number of nitriles is 3. The lowest BCUT2D eigenvalue weighted by molar-refractivity contribution is 1.08. The summed E-state index contributed by atoms with van der Waals surface area (Å²) in [5.41, 5.74) is 2.20. The summed E-state index contributed by atoms with van der Waals surface area (Å²) in [6.07, 6.45) is 0. The quantitative estimate of drug-likeness (QED) is 0.431. The van der Waals surface area contributed by atoms with E-state index in [1.165, 1.54) is 0 Å². The molecular weight excluding hydrogens is 364 g/mol. The second-order valence-electron chi connectivity index (χ2n) is 6.00. The monoisotopic (exact) mass is 376 g/mol. The maximum Gasteiger partial charge on any atom is 0.149 e. The van der Waals surface area contributed by atoms with Gasteiger partial charge < -0.3 is 4.57 Å². The summed E-state index contributed by atoms with van der Waals surface area (Å²) in [6, 6.07) is 27.4. The molecule has 4 nitrogen and oxygen atoms in total. The lowest BCUT2D eigenvalue weighted by atomic mass is 10.1. The molecule has 0 N–H and O–H groups in total. The van der Waals surface area contributed by atoms with Gasteiger partial charge in [0.1, 0.15) is 29.4 Å². The van der Waals surface area contributed by atoms with Crippen LogP contribution < -0.4 is 0 Å². The fourth-order valence-electron chi connectivity index (χ4n) is 3.29. The Bertz CT molecular complexity index is 1310. The number of hydrogen-bond acceptors (Lipinski definition) is 4. The number of benzene rings is 2. The zero-order valence-electron chi connectivity index (χ0n) is 14.6. The normalized spacial score (nSPS) is 10.0. The number of hydrogen-bond donors (Lipinski definition) is 0. The van der Waals surface area contributed by atoms with Gasteiger partial charge in [0.25, 0.3) is 0 Å². The topological polar surface area (TPSA) is 76.3 Å². The van der Waals surface area contributed by atoms with E-state index in [0.29, 0.717) is 5.69 Å². The van der Waals surface area contributed by atoms with E-state index in [4.69, 9.17) is 0 Å². The molecule has 2 aromatic heterocycles. The van der Waals surface area contributed by atoms with Gasteiger partial charge in [-0.25, -0.2) is 0 Å². The lowest BCUT2D eigenvalue weighted by Gasteiger charge is -2.15. The SMILES string of the molecule is N#CC(C#N)=C(C#N)c1ccc(-c2cccs2)n1-c1cccc2ccccc12. The molecule has 28 heavy (non-hydrogen) atoms. The van der Waals surface area contributed by atoms with Gasteiger partial charge in [-0.15, -0.1) is 11.3 Å². The molecule has 0 spiro atoms. The first-order valence-electron chi connectivity index (χ1n) is 8.47. The van der Waals surface area contributed by atoms with E-state index in [0.717, 1.165) is 27.0 Å². The highest BCUT2D eigenvalue weighted by molar-refractivity contribution is 7.13. The van der Waals surface area contributed by atoms with Crippen molar-refractivity contribution in [1.29, 1.82) is 15.8 Å². The molecule has 0 aliphatic heterocycles. The number of aromatic nitrogens is 1. The minimum atomic E-state index is -0.195. The first-order valence-corrected chi connectivity index (χ1v) is 9.35. The van der Waals surface area contributed by atoms with Crippen LogP contribution in [0.3, 0.4) is 0 Å². The summed E-state index contributed by atoms with van der Waals surface area (Å²) in [7, 11) is 0. The predicted molar refractivity (Wildman–Crippen MR) is 110 cm³/mol. The third-order valence-corrected chi connectivity index (χ3v) is 5.40. The Balaban J connectivity index is 2.13. The van der Waals surface area contributed by atoms with Crippen molar-refractivity contribution in [3.63, 3.8) is 0 Å². The summed E-state index contributed by atoms with van der Waals surface area (Å²) in [6.45, 7) is 0. The van der Waals surface area contributed by atoms with Crippen molar-refractivity contribution >= 4 is 27.7 Å². The van der Waals surface area contributed by atoms with Crippen molar-refractivity contribution < 1.29 is 0 Å². The van der Waals surface area contributed by atoms with Gasteiger partial charge in [-0.2, -0.15) is 15.8 Å². The van der Waals surface area contributed by atoms with Gasteiger partial charge in [-0.1, -0.05) is 42.5 Å². The average Bonchev–Trinajstić information content (AvgIpc) is 3.41. The summed E-state index contributed by atoms with van der Waals surface area (Å²) < 4.78 is 1.96. The molecule has 0 saturated carbocycles. The van der Waals surface area contributed by atoms with E-state index in [1.807, 2.05) is 82.7 Å². The maximum absolute atomic E-state index is 9.72. The molecule has 0 fully saturated rings. The van der Waals surface area contributed by atoms with Crippen molar-refractivity contribution in [1.82, 2.24) is 4.57 Å². The summed E-state index contributed by atoms with van der Waals surface area (Å²) in [5, 5.41) is 32.4. The minimum absolute atomic E-state index is 0.0701. The summed E-state index contributed by atoms with van der Waals surface area (Å²) in [4.78, 5) is 1.03. The maximum atomic E-state index is 9.72. The first kappa shape index (κ1) is 17.3. The predicted octanol–water partition coefficient (Wildman–Crippen LogP) is 5.68. The van der Waals surface area contributed by atoms with Gasteiger partial charge in [0, 0.05) is 5.39 Å². The molecule has 2 heterocycles. The molecule has 5 heteroatoms. The fourth-order valence-corrected chi connectivity index (χ4v) is 4.03. The van der Waals surface area contributed by atoms with Gasteiger partial charge in [0.2, 0.25) is 0 Å². The van der Waals surface area contributed by atoms with Crippen LogP contribution in [0.2, 0.25) is 0 Å². The largest absolute Gasteiger partial charge is 0.307 e. The molecule has 0 aliphatic rings. The minimum Gasteiger partial charge on any atom is -0.307 e. The molecular formula is C23H12N4S. The Kier molecular flexibility index (Phi) is 4.48. The average molecular weight is 376 g/mol. The number of fused-ring (bicyclic) bond motifs is 1. The van der Waals surface area contributed by atoms with Crippen LogP contribution in [-0.4, -0.2) is 4.57 Å². The van der Waals surface area contributed by atoms with Crippen LogP contribution in [-0.2, 0) is 0 Å². The number of nitrogens with zero attached hydrogens (tertiary/aromatic N) is 4. The Morgan fingerprint density at radius 3 is 2.29 bits per heavy atom. The van der Waals surface area contributed by atoms with Crippen molar-refractivity contribution in [2.75, 3.05) is 0 Å². The standard InChI is InChI=1S/C23H12N4S/c24-13-17(14-25)19(15-26)21-10-11-22(23-9-4-12-28-23)27(21)20-8-3-6-16-5-1-2-7-18(16)20/h1-12H. The zero-order chi connectivity index (χ0) is 19.5. The summed E-state index contributed by atoms with van der Waals surface area (Å²) >= 11 is 1.59. The molecule has 0 amide bonds. The first-order chi connectivity index (χ1) is 13.8. The molecule has 0 radical (unpaired) electrons.